The van der Waals surface area contributed by atoms with E-state index in [4.69, 9.17) is 4.74 Å². The summed E-state index contributed by atoms with van der Waals surface area (Å²) in [6, 6.07) is 6.58. The van der Waals surface area contributed by atoms with Gasteiger partial charge in [-0.1, -0.05) is 12.5 Å². The lowest BCUT2D eigenvalue weighted by Crippen LogP contribution is -2.35. The van der Waals surface area contributed by atoms with Crippen molar-refractivity contribution in [1.82, 2.24) is 9.30 Å². The molecular weight excluding hydrogens is 320 g/mol. The summed E-state index contributed by atoms with van der Waals surface area (Å²) in [4.78, 5) is 39.7. The van der Waals surface area contributed by atoms with Gasteiger partial charge in [-0.05, 0) is 51.1 Å². The quantitative estimate of drug-likeness (QED) is 0.615. The van der Waals surface area contributed by atoms with Crippen LogP contribution in [0.15, 0.2) is 35.3 Å². The Morgan fingerprint density at radius 2 is 1.88 bits per heavy atom. The van der Waals surface area contributed by atoms with E-state index in [1.54, 1.807) is 31.3 Å². The van der Waals surface area contributed by atoms with Gasteiger partial charge in [-0.25, -0.2) is 4.79 Å². The number of esters is 1. The lowest BCUT2D eigenvalue weighted by Gasteiger charge is -2.25. The van der Waals surface area contributed by atoms with Crippen molar-refractivity contribution in [3.05, 3.63) is 51.9 Å². The van der Waals surface area contributed by atoms with E-state index in [1.165, 1.54) is 16.9 Å². The lowest BCUT2D eigenvalue weighted by atomic mass is 10.0. The molecule has 1 saturated heterocycles. The third-order valence-corrected chi connectivity index (χ3v) is 4.49. The number of carbonyl (C=O) groups is 2. The largest absolute Gasteiger partial charge is 0.462 e. The second-order valence-corrected chi connectivity index (χ2v) is 6.21. The zero-order valence-electron chi connectivity index (χ0n) is 14.4. The Kier molecular flexibility index (Phi) is 5.28. The second-order valence-electron chi connectivity index (χ2n) is 6.21. The first-order valence-electron chi connectivity index (χ1n) is 8.69. The van der Waals surface area contributed by atoms with Crippen LogP contribution >= 0.6 is 0 Å². The highest BCUT2D eigenvalue weighted by molar-refractivity contribution is 6.05. The standard InChI is InChI=1S/C19H22N2O4/c1-2-25-19(24)15-12-14(16-8-4-7-11-21(16)18(15)23)17(22)13-20-9-5-3-6-10-20/h4,7-8,11-12H,2-3,5-6,9-10,13H2,1H3. The summed E-state index contributed by atoms with van der Waals surface area (Å²) in [7, 11) is 0. The molecule has 132 valence electrons. The average Bonchev–Trinajstić information content (AvgIpc) is 2.63. The van der Waals surface area contributed by atoms with Crippen LogP contribution in [-0.4, -0.2) is 47.3 Å². The predicted molar refractivity (Wildman–Crippen MR) is 94.2 cm³/mol. The van der Waals surface area contributed by atoms with E-state index in [-0.39, 0.29) is 18.0 Å². The topological polar surface area (TPSA) is 68.1 Å². The van der Waals surface area contributed by atoms with Crippen LogP contribution in [-0.2, 0) is 4.74 Å². The molecule has 0 amide bonds. The number of hydrogen-bond acceptors (Lipinski definition) is 5. The van der Waals surface area contributed by atoms with Crippen molar-refractivity contribution >= 4 is 17.3 Å². The fraction of sp³-hybridized carbons (Fsp3) is 0.421. The van der Waals surface area contributed by atoms with Gasteiger partial charge < -0.3 is 4.74 Å². The molecule has 0 atom stereocenters. The second kappa shape index (κ2) is 7.61. The van der Waals surface area contributed by atoms with Crippen LogP contribution in [0.25, 0.3) is 5.52 Å². The molecule has 6 heteroatoms. The number of ketones is 1. The maximum Gasteiger partial charge on any atom is 0.343 e. The van der Waals surface area contributed by atoms with Crippen molar-refractivity contribution in [3.8, 4) is 0 Å². The van der Waals surface area contributed by atoms with Gasteiger partial charge in [0.25, 0.3) is 5.56 Å². The van der Waals surface area contributed by atoms with E-state index < -0.39 is 11.5 Å². The van der Waals surface area contributed by atoms with Gasteiger partial charge in [-0.2, -0.15) is 0 Å². The number of likely N-dealkylation sites (tertiary alicyclic amines) is 1. The van der Waals surface area contributed by atoms with Gasteiger partial charge in [0.1, 0.15) is 5.56 Å². The summed E-state index contributed by atoms with van der Waals surface area (Å²) < 4.78 is 6.31. The van der Waals surface area contributed by atoms with E-state index in [0.29, 0.717) is 17.6 Å². The van der Waals surface area contributed by atoms with Gasteiger partial charge in [0.15, 0.2) is 5.78 Å². The van der Waals surface area contributed by atoms with Crippen molar-refractivity contribution in [3.63, 3.8) is 0 Å². The molecule has 2 aromatic heterocycles. The number of Topliss-reactive ketones (excluding diaryl/α,β-unsaturated/α-hetero) is 1. The Bertz CT molecular complexity index is 850. The van der Waals surface area contributed by atoms with Crippen molar-refractivity contribution in [2.45, 2.75) is 26.2 Å². The summed E-state index contributed by atoms with van der Waals surface area (Å²) in [6.45, 7) is 3.96. The molecule has 6 nitrogen and oxygen atoms in total. The third kappa shape index (κ3) is 3.64. The molecule has 0 saturated carbocycles. The molecule has 3 heterocycles. The average molecular weight is 342 g/mol. The summed E-state index contributed by atoms with van der Waals surface area (Å²) in [6.07, 6.45) is 4.95. The van der Waals surface area contributed by atoms with Crippen molar-refractivity contribution in [1.29, 1.82) is 0 Å². The molecule has 2 aromatic rings. The monoisotopic (exact) mass is 342 g/mol. The minimum atomic E-state index is -0.697. The highest BCUT2D eigenvalue weighted by Crippen LogP contribution is 2.15. The molecule has 0 aromatic carbocycles. The first-order valence-corrected chi connectivity index (χ1v) is 8.69. The van der Waals surface area contributed by atoms with Gasteiger partial charge in [-0.3, -0.25) is 18.9 Å². The first kappa shape index (κ1) is 17.4. The number of aromatic nitrogens is 1. The fourth-order valence-corrected chi connectivity index (χ4v) is 3.23. The summed E-state index contributed by atoms with van der Waals surface area (Å²) in [5.41, 5.74) is 0.326. The zero-order valence-corrected chi connectivity index (χ0v) is 14.4. The van der Waals surface area contributed by atoms with Crippen LogP contribution in [0.5, 0.6) is 0 Å². The lowest BCUT2D eigenvalue weighted by molar-refractivity contribution is 0.0524. The van der Waals surface area contributed by atoms with Crippen LogP contribution < -0.4 is 5.56 Å². The minimum Gasteiger partial charge on any atom is -0.462 e. The Morgan fingerprint density at radius 3 is 2.60 bits per heavy atom. The fourth-order valence-electron chi connectivity index (χ4n) is 3.23. The van der Waals surface area contributed by atoms with Gasteiger partial charge in [-0.15, -0.1) is 0 Å². The molecule has 25 heavy (non-hydrogen) atoms. The summed E-state index contributed by atoms with van der Waals surface area (Å²) in [5, 5.41) is 0. The first-order chi connectivity index (χ1) is 12.1. The normalized spacial score (nSPS) is 15.2. The van der Waals surface area contributed by atoms with Gasteiger partial charge in [0, 0.05) is 11.8 Å². The number of ether oxygens (including phenoxy) is 1. The molecule has 0 spiro atoms. The molecule has 0 aliphatic carbocycles. The molecule has 0 bridgehead atoms. The molecule has 0 N–H and O–H groups in total. The molecule has 1 fully saturated rings. The van der Waals surface area contributed by atoms with Crippen LogP contribution in [0.4, 0.5) is 0 Å². The maximum atomic E-state index is 12.9. The van der Waals surface area contributed by atoms with E-state index in [1.807, 2.05) is 0 Å². The smallest absolute Gasteiger partial charge is 0.343 e. The predicted octanol–water partition coefficient (Wildman–Crippen LogP) is 2.14. The highest BCUT2D eigenvalue weighted by atomic mass is 16.5. The van der Waals surface area contributed by atoms with Crippen LogP contribution in [0.1, 0.15) is 46.9 Å². The minimum absolute atomic E-state index is 0.0869. The number of fused-ring (bicyclic) bond motifs is 1. The molecule has 3 rings (SSSR count). The van der Waals surface area contributed by atoms with Crippen LogP contribution in [0.3, 0.4) is 0 Å². The number of nitrogens with zero attached hydrogens (tertiary/aromatic N) is 2. The molecule has 1 aliphatic heterocycles. The van der Waals surface area contributed by atoms with E-state index >= 15 is 0 Å². The zero-order chi connectivity index (χ0) is 17.8. The van der Waals surface area contributed by atoms with Gasteiger partial charge in [0.2, 0.25) is 0 Å². The number of rotatable bonds is 5. The highest BCUT2D eigenvalue weighted by Gasteiger charge is 2.22. The van der Waals surface area contributed by atoms with Gasteiger partial charge >= 0.3 is 5.97 Å². The number of hydrogen-bond donors (Lipinski definition) is 0. The Balaban J connectivity index is 2.03. The molecule has 1 aliphatic rings. The number of carbonyl (C=O) groups excluding carboxylic acids is 2. The maximum absolute atomic E-state index is 12.9. The van der Waals surface area contributed by atoms with Crippen LogP contribution in [0.2, 0.25) is 0 Å². The van der Waals surface area contributed by atoms with E-state index in [0.717, 1.165) is 25.9 Å². The summed E-state index contributed by atoms with van der Waals surface area (Å²) in [5.74, 6) is -0.783. The number of piperidine rings is 1. The molecule has 0 unspecified atom stereocenters. The van der Waals surface area contributed by atoms with E-state index in [2.05, 4.69) is 4.90 Å². The van der Waals surface area contributed by atoms with Gasteiger partial charge in [0.05, 0.1) is 18.7 Å². The Hall–Kier alpha value is -2.47. The molecular formula is C19H22N2O4. The third-order valence-electron chi connectivity index (χ3n) is 4.49. The van der Waals surface area contributed by atoms with Crippen molar-refractivity contribution < 1.29 is 14.3 Å². The van der Waals surface area contributed by atoms with E-state index in [9.17, 15) is 14.4 Å². The van der Waals surface area contributed by atoms with Crippen molar-refractivity contribution in [2.24, 2.45) is 0 Å². The Morgan fingerprint density at radius 1 is 1.12 bits per heavy atom. The Labute approximate surface area is 146 Å². The van der Waals surface area contributed by atoms with Crippen molar-refractivity contribution in [2.75, 3.05) is 26.2 Å². The van der Waals surface area contributed by atoms with Crippen LogP contribution in [0, 0.1) is 0 Å². The SMILES string of the molecule is CCOC(=O)c1cc(C(=O)CN2CCCCC2)c2ccccn2c1=O. The number of pyridine rings is 2. The summed E-state index contributed by atoms with van der Waals surface area (Å²) >= 11 is 0. The molecule has 0 radical (unpaired) electrons.